The lowest BCUT2D eigenvalue weighted by molar-refractivity contribution is 0.120. The third-order valence-corrected chi connectivity index (χ3v) is 4.99. The summed E-state index contributed by atoms with van der Waals surface area (Å²) in [5, 5.41) is 18.1. The molecule has 0 radical (unpaired) electrons. The van der Waals surface area contributed by atoms with Crippen LogP contribution < -0.4 is 4.72 Å². The van der Waals surface area contributed by atoms with E-state index in [1.54, 1.807) is 12.1 Å². The van der Waals surface area contributed by atoms with Crippen molar-refractivity contribution in [3.8, 4) is 11.8 Å². The molecular weight excluding hydrogens is 290 g/mol. The van der Waals surface area contributed by atoms with E-state index in [-0.39, 0.29) is 23.6 Å². The zero-order valence-corrected chi connectivity index (χ0v) is 12.4. The number of hydrogen-bond acceptors (Lipinski definition) is 4. The van der Waals surface area contributed by atoms with Crippen LogP contribution in [0.25, 0.3) is 0 Å². The van der Waals surface area contributed by atoms with Crippen LogP contribution in [0, 0.1) is 11.8 Å². The smallest absolute Gasteiger partial charge is 0.240 e. The molecular formula is C15H19NO4S. The molecule has 0 bridgehead atoms. The summed E-state index contributed by atoms with van der Waals surface area (Å²) >= 11 is 0. The zero-order valence-electron chi connectivity index (χ0n) is 11.6. The first-order valence-electron chi connectivity index (χ1n) is 6.91. The van der Waals surface area contributed by atoms with E-state index in [0.29, 0.717) is 31.2 Å². The van der Waals surface area contributed by atoms with Crippen LogP contribution in [0.5, 0.6) is 0 Å². The summed E-state index contributed by atoms with van der Waals surface area (Å²) < 4.78 is 27.4. The summed E-state index contributed by atoms with van der Waals surface area (Å²) in [7, 11) is -3.59. The van der Waals surface area contributed by atoms with Crippen molar-refractivity contribution in [3.63, 3.8) is 0 Å². The minimum atomic E-state index is -3.59. The van der Waals surface area contributed by atoms with Crippen LogP contribution in [0.1, 0.15) is 31.2 Å². The van der Waals surface area contributed by atoms with E-state index < -0.39 is 10.0 Å². The fraction of sp³-hybridized carbons (Fsp3) is 0.467. The summed E-state index contributed by atoms with van der Waals surface area (Å²) in [6.07, 6.45) is 2.21. The van der Waals surface area contributed by atoms with Crippen LogP contribution in [0.4, 0.5) is 0 Å². The maximum absolute atomic E-state index is 12.3. The summed E-state index contributed by atoms with van der Waals surface area (Å²) in [5.41, 5.74) is 0.547. The fourth-order valence-electron chi connectivity index (χ4n) is 2.36. The molecule has 0 aromatic heterocycles. The Morgan fingerprint density at radius 1 is 1.24 bits per heavy atom. The minimum Gasteiger partial charge on any atom is -0.393 e. The van der Waals surface area contributed by atoms with Gasteiger partial charge in [0.15, 0.2) is 0 Å². The summed E-state index contributed by atoms with van der Waals surface area (Å²) in [6.45, 7) is -0.264. The average molecular weight is 309 g/mol. The van der Waals surface area contributed by atoms with Gasteiger partial charge in [0.1, 0.15) is 6.61 Å². The van der Waals surface area contributed by atoms with Crippen LogP contribution in [0.3, 0.4) is 0 Å². The van der Waals surface area contributed by atoms with Gasteiger partial charge in [-0.1, -0.05) is 17.9 Å². The van der Waals surface area contributed by atoms with Crippen molar-refractivity contribution in [2.75, 3.05) is 6.61 Å². The topological polar surface area (TPSA) is 86.6 Å². The molecule has 1 saturated carbocycles. The molecule has 1 aliphatic rings. The van der Waals surface area contributed by atoms with Crippen molar-refractivity contribution in [3.05, 3.63) is 29.8 Å². The van der Waals surface area contributed by atoms with Gasteiger partial charge in [0, 0.05) is 11.6 Å². The highest BCUT2D eigenvalue weighted by Gasteiger charge is 2.24. The predicted molar refractivity (Wildman–Crippen MR) is 79.0 cm³/mol. The lowest BCUT2D eigenvalue weighted by Crippen LogP contribution is -2.38. The predicted octanol–water partition coefficient (Wildman–Crippen LogP) is 0.612. The molecule has 1 fully saturated rings. The van der Waals surface area contributed by atoms with Crippen molar-refractivity contribution in [1.29, 1.82) is 0 Å². The molecule has 0 amide bonds. The molecule has 21 heavy (non-hydrogen) atoms. The zero-order chi connectivity index (χ0) is 15.3. The van der Waals surface area contributed by atoms with Crippen molar-refractivity contribution in [2.24, 2.45) is 0 Å². The molecule has 0 aliphatic heterocycles. The molecule has 2 rings (SSSR count). The second-order valence-corrected chi connectivity index (χ2v) is 6.83. The maximum Gasteiger partial charge on any atom is 0.240 e. The highest BCUT2D eigenvalue weighted by molar-refractivity contribution is 7.89. The molecule has 0 atom stereocenters. The van der Waals surface area contributed by atoms with Crippen molar-refractivity contribution in [2.45, 2.75) is 42.7 Å². The first-order valence-corrected chi connectivity index (χ1v) is 8.40. The van der Waals surface area contributed by atoms with Gasteiger partial charge in [-0.2, -0.15) is 0 Å². The van der Waals surface area contributed by atoms with Gasteiger partial charge in [-0.25, -0.2) is 13.1 Å². The molecule has 3 N–H and O–H groups in total. The summed E-state index contributed by atoms with van der Waals surface area (Å²) in [5.74, 6) is 5.18. The summed E-state index contributed by atoms with van der Waals surface area (Å²) in [6, 6.07) is 6.19. The van der Waals surface area contributed by atoms with E-state index in [1.165, 1.54) is 12.1 Å². The van der Waals surface area contributed by atoms with Gasteiger partial charge in [-0.3, -0.25) is 0 Å². The van der Waals surface area contributed by atoms with Gasteiger partial charge in [0.2, 0.25) is 10.0 Å². The Bertz CT molecular complexity index is 637. The van der Waals surface area contributed by atoms with Crippen LogP contribution in [-0.4, -0.2) is 37.4 Å². The van der Waals surface area contributed by atoms with Gasteiger partial charge in [0.25, 0.3) is 0 Å². The number of hydrogen-bond donors (Lipinski definition) is 3. The monoisotopic (exact) mass is 309 g/mol. The Kier molecular flexibility index (Phi) is 5.37. The number of rotatable bonds is 3. The second kappa shape index (κ2) is 7.05. The van der Waals surface area contributed by atoms with E-state index >= 15 is 0 Å². The van der Waals surface area contributed by atoms with Crippen LogP contribution in [-0.2, 0) is 10.0 Å². The van der Waals surface area contributed by atoms with Crippen molar-refractivity contribution < 1.29 is 18.6 Å². The lowest BCUT2D eigenvalue weighted by Gasteiger charge is -2.25. The van der Waals surface area contributed by atoms with Crippen LogP contribution in [0.2, 0.25) is 0 Å². The minimum absolute atomic E-state index is 0.134. The highest BCUT2D eigenvalue weighted by atomic mass is 32.2. The Labute approximate surface area is 125 Å². The molecule has 1 aromatic rings. The van der Waals surface area contributed by atoms with Crippen molar-refractivity contribution >= 4 is 10.0 Å². The highest BCUT2D eigenvalue weighted by Crippen LogP contribution is 2.20. The van der Waals surface area contributed by atoms with Gasteiger partial charge in [-0.15, -0.1) is 0 Å². The SMILES string of the molecule is O=S(=O)(NC1CCC(O)CC1)c1cccc(C#CCO)c1. The quantitative estimate of drug-likeness (QED) is 0.714. The van der Waals surface area contributed by atoms with E-state index in [9.17, 15) is 13.5 Å². The van der Waals surface area contributed by atoms with Crippen LogP contribution >= 0.6 is 0 Å². The van der Waals surface area contributed by atoms with E-state index in [0.717, 1.165) is 0 Å². The Morgan fingerprint density at radius 3 is 2.62 bits per heavy atom. The Balaban J connectivity index is 2.12. The molecule has 1 aliphatic carbocycles. The standard InChI is InChI=1S/C15H19NO4S/c17-10-2-4-12-3-1-5-15(11-12)21(19,20)16-13-6-8-14(18)9-7-13/h1,3,5,11,13-14,16-18H,6-10H2. The number of nitrogens with one attached hydrogen (secondary N) is 1. The fourth-order valence-corrected chi connectivity index (χ4v) is 3.71. The Hall–Kier alpha value is -1.39. The van der Waals surface area contributed by atoms with Gasteiger partial charge in [0.05, 0.1) is 11.0 Å². The lowest BCUT2D eigenvalue weighted by atomic mass is 9.94. The van der Waals surface area contributed by atoms with E-state index in [4.69, 9.17) is 5.11 Å². The van der Waals surface area contributed by atoms with E-state index in [2.05, 4.69) is 16.6 Å². The molecule has 114 valence electrons. The molecule has 0 saturated heterocycles. The van der Waals surface area contributed by atoms with Gasteiger partial charge in [-0.05, 0) is 43.9 Å². The molecule has 0 unspecified atom stereocenters. The maximum atomic E-state index is 12.3. The average Bonchev–Trinajstić information content (AvgIpc) is 2.48. The second-order valence-electron chi connectivity index (χ2n) is 5.11. The number of sulfonamides is 1. The third-order valence-electron chi connectivity index (χ3n) is 3.47. The first kappa shape index (κ1) is 16.0. The van der Waals surface area contributed by atoms with E-state index in [1.807, 2.05) is 0 Å². The molecule has 1 aromatic carbocycles. The first-order chi connectivity index (χ1) is 10.0. The molecule has 0 spiro atoms. The van der Waals surface area contributed by atoms with Gasteiger partial charge < -0.3 is 10.2 Å². The summed E-state index contributed by atoms with van der Waals surface area (Å²) in [4.78, 5) is 0.165. The number of benzene rings is 1. The third kappa shape index (κ3) is 4.55. The largest absolute Gasteiger partial charge is 0.393 e. The molecule has 0 heterocycles. The van der Waals surface area contributed by atoms with Crippen LogP contribution in [0.15, 0.2) is 29.2 Å². The number of aliphatic hydroxyl groups excluding tert-OH is 2. The van der Waals surface area contributed by atoms with Crippen molar-refractivity contribution in [1.82, 2.24) is 4.72 Å². The Morgan fingerprint density at radius 2 is 1.95 bits per heavy atom. The molecule has 6 heteroatoms. The molecule has 5 nitrogen and oxygen atoms in total. The normalized spacial score (nSPS) is 22.4. The van der Waals surface area contributed by atoms with Gasteiger partial charge >= 0.3 is 0 Å². The number of aliphatic hydroxyl groups is 2.